The molecule has 0 aromatic rings. The van der Waals surface area contributed by atoms with Gasteiger partial charge in [0, 0.05) is 12.8 Å². The van der Waals surface area contributed by atoms with E-state index in [-0.39, 0.29) is 5.71 Å². The summed E-state index contributed by atoms with van der Waals surface area (Å²) < 4.78 is 0. The van der Waals surface area contributed by atoms with E-state index in [9.17, 15) is 0 Å². The highest BCUT2D eigenvalue weighted by Gasteiger charge is 2.11. The summed E-state index contributed by atoms with van der Waals surface area (Å²) in [6.07, 6.45) is 4.99. The fourth-order valence-electron chi connectivity index (χ4n) is 0.740. The first-order valence-corrected chi connectivity index (χ1v) is 4.28. The lowest BCUT2D eigenvalue weighted by Crippen LogP contribution is -2.15. The molecule has 0 heterocycles. The Kier molecular flexibility index (Phi) is 6.63. The molecular formula is C10H12N4. The predicted molar refractivity (Wildman–Crippen MR) is 56.3 cm³/mol. The van der Waals surface area contributed by atoms with E-state index in [4.69, 9.17) is 10.5 Å². The number of nitriles is 2. The van der Waals surface area contributed by atoms with E-state index in [2.05, 4.69) is 9.98 Å². The number of allylic oxidation sites excluding steroid dienone is 2. The van der Waals surface area contributed by atoms with E-state index < -0.39 is 6.04 Å². The lowest BCUT2D eigenvalue weighted by molar-refractivity contribution is 1.05. The van der Waals surface area contributed by atoms with Gasteiger partial charge < -0.3 is 0 Å². The van der Waals surface area contributed by atoms with E-state index in [0.29, 0.717) is 6.54 Å². The summed E-state index contributed by atoms with van der Waals surface area (Å²) in [5, 5.41) is 17.4. The third kappa shape index (κ3) is 4.18. The predicted octanol–water partition coefficient (Wildman–Crippen LogP) is 1.51. The number of aliphatic imine (C=N–C) groups is 2. The van der Waals surface area contributed by atoms with Crippen LogP contribution in [0.2, 0.25) is 0 Å². The molecule has 0 aromatic heterocycles. The highest BCUT2D eigenvalue weighted by atomic mass is 14.8. The Balaban J connectivity index is 4.66. The van der Waals surface area contributed by atoms with Gasteiger partial charge in [-0.15, -0.1) is 0 Å². The molecule has 0 aliphatic heterocycles. The van der Waals surface area contributed by atoms with Gasteiger partial charge in [0.05, 0.1) is 6.07 Å². The van der Waals surface area contributed by atoms with Crippen LogP contribution in [0.4, 0.5) is 0 Å². The minimum Gasteiger partial charge on any atom is -0.276 e. The maximum Gasteiger partial charge on any atom is 0.187 e. The van der Waals surface area contributed by atoms with Gasteiger partial charge in [-0.2, -0.15) is 10.5 Å². The molecule has 0 saturated carbocycles. The van der Waals surface area contributed by atoms with Gasteiger partial charge in [-0.3, -0.25) is 9.98 Å². The average Bonchev–Trinajstić information content (AvgIpc) is 2.22. The van der Waals surface area contributed by atoms with Gasteiger partial charge in [0.25, 0.3) is 0 Å². The first-order chi connectivity index (χ1) is 6.79. The van der Waals surface area contributed by atoms with Gasteiger partial charge in [0.2, 0.25) is 0 Å². The summed E-state index contributed by atoms with van der Waals surface area (Å²) in [5.74, 6) is 0. The molecule has 1 unspecified atom stereocenters. The highest BCUT2D eigenvalue weighted by molar-refractivity contribution is 6.05. The zero-order valence-electron chi connectivity index (χ0n) is 8.31. The summed E-state index contributed by atoms with van der Waals surface area (Å²) in [6, 6.07) is 3.00. The van der Waals surface area contributed by atoms with Crippen LogP contribution < -0.4 is 0 Å². The normalized spacial score (nSPS) is 14.1. The summed E-state index contributed by atoms with van der Waals surface area (Å²) in [6.45, 7) is 4.14. The van der Waals surface area contributed by atoms with Crippen molar-refractivity contribution >= 4 is 11.9 Å². The maximum atomic E-state index is 8.73. The fourth-order valence-corrected chi connectivity index (χ4v) is 0.740. The molecule has 0 bridgehead atoms. The zero-order valence-corrected chi connectivity index (χ0v) is 8.31. The van der Waals surface area contributed by atoms with Crippen LogP contribution in [0.15, 0.2) is 22.1 Å². The van der Waals surface area contributed by atoms with Gasteiger partial charge in [0.1, 0.15) is 6.07 Å². The topological polar surface area (TPSA) is 72.3 Å². The van der Waals surface area contributed by atoms with Gasteiger partial charge >= 0.3 is 0 Å². The maximum absolute atomic E-state index is 8.73. The minimum atomic E-state index is -0.781. The van der Waals surface area contributed by atoms with Crippen LogP contribution in [0.5, 0.6) is 0 Å². The molecule has 0 aromatic carbocycles. The van der Waals surface area contributed by atoms with E-state index in [0.717, 1.165) is 0 Å². The van der Waals surface area contributed by atoms with Crippen LogP contribution in [-0.4, -0.2) is 24.5 Å². The molecule has 0 saturated heterocycles. The third-order valence-corrected chi connectivity index (χ3v) is 1.34. The fraction of sp³-hybridized carbons (Fsp3) is 0.400. The van der Waals surface area contributed by atoms with E-state index >= 15 is 0 Å². The smallest absolute Gasteiger partial charge is 0.187 e. The van der Waals surface area contributed by atoms with E-state index in [1.54, 1.807) is 19.1 Å². The quantitative estimate of drug-likeness (QED) is 0.627. The number of nitrogens with zero attached hydrogens (tertiary/aromatic N) is 4. The summed E-state index contributed by atoms with van der Waals surface area (Å²) in [4.78, 5) is 7.78. The van der Waals surface area contributed by atoms with Crippen LogP contribution in [0.25, 0.3) is 0 Å². The lowest BCUT2D eigenvalue weighted by atomic mass is 10.2. The van der Waals surface area contributed by atoms with Crippen LogP contribution >= 0.6 is 0 Å². The van der Waals surface area contributed by atoms with Crippen molar-refractivity contribution in [2.75, 3.05) is 6.54 Å². The monoisotopic (exact) mass is 188 g/mol. The van der Waals surface area contributed by atoms with Crippen LogP contribution in [0.3, 0.4) is 0 Å². The lowest BCUT2D eigenvalue weighted by Gasteiger charge is -1.98. The van der Waals surface area contributed by atoms with Crippen molar-refractivity contribution in [1.82, 2.24) is 0 Å². The van der Waals surface area contributed by atoms with Crippen molar-refractivity contribution in [1.29, 1.82) is 10.5 Å². The Bertz CT molecular complexity index is 325. The molecule has 0 radical (unpaired) electrons. The molecule has 0 spiro atoms. The highest BCUT2D eigenvalue weighted by Crippen LogP contribution is 1.93. The second-order valence-corrected chi connectivity index (χ2v) is 2.33. The van der Waals surface area contributed by atoms with Crippen molar-refractivity contribution in [3.8, 4) is 12.1 Å². The van der Waals surface area contributed by atoms with Crippen LogP contribution in [0.1, 0.15) is 13.8 Å². The van der Waals surface area contributed by atoms with Crippen molar-refractivity contribution in [3.05, 3.63) is 12.2 Å². The number of hydrogen-bond donors (Lipinski definition) is 0. The molecule has 0 amide bonds. The molecular weight excluding hydrogens is 176 g/mol. The van der Waals surface area contributed by atoms with Gasteiger partial charge in [-0.05, 0) is 19.9 Å². The molecule has 0 rings (SSSR count). The van der Waals surface area contributed by atoms with E-state index in [1.165, 1.54) is 6.21 Å². The first kappa shape index (κ1) is 12.1. The van der Waals surface area contributed by atoms with Crippen molar-refractivity contribution in [2.24, 2.45) is 9.98 Å². The second kappa shape index (κ2) is 7.70. The van der Waals surface area contributed by atoms with Crippen molar-refractivity contribution in [2.45, 2.75) is 19.9 Å². The molecule has 0 aliphatic rings. The van der Waals surface area contributed by atoms with Crippen LogP contribution in [0, 0.1) is 22.7 Å². The van der Waals surface area contributed by atoms with Crippen molar-refractivity contribution < 1.29 is 0 Å². The molecule has 0 N–H and O–H groups in total. The Labute approximate surface area is 83.9 Å². The molecule has 0 aliphatic carbocycles. The second-order valence-electron chi connectivity index (χ2n) is 2.33. The van der Waals surface area contributed by atoms with E-state index in [1.807, 2.05) is 19.1 Å². The zero-order chi connectivity index (χ0) is 10.8. The Morgan fingerprint density at radius 1 is 1.50 bits per heavy atom. The molecule has 14 heavy (non-hydrogen) atoms. The van der Waals surface area contributed by atoms with Crippen LogP contribution in [-0.2, 0) is 0 Å². The molecule has 4 nitrogen and oxygen atoms in total. The third-order valence-electron chi connectivity index (χ3n) is 1.34. The SMILES string of the molecule is CC=CC=NC(C#N)C(C#N)=NCC. The van der Waals surface area contributed by atoms with Crippen molar-refractivity contribution in [3.63, 3.8) is 0 Å². The van der Waals surface area contributed by atoms with Gasteiger partial charge in [0.15, 0.2) is 11.8 Å². The average molecular weight is 188 g/mol. The van der Waals surface area contributed by atoms with Gasteiger partial charge in [-0.25, -0.2) is 0 Å². The first-order valence-electron chi connectivity index (χ1n) is 4.28. The number of rotatable bonds is 4. The molecule has 72 valence electrons. The Morgan fingerprint density at radius 3 is 2.64 bits per heavy atom. The standard InChI is InChI=1S/C10H12N4/c1-3-5-6-14-10(8-12)9(7-11)13-4-2/h3,5-6,10H,4H2,1-2H3. The molecule has 0 fully saturated rings. The number of hydrogen-bond acceptors (Lipinski definition) is 4. The Morgan fingerprint density at radius 2 is 2.21 bits per heavy atom. The van der Waals surface area contributed by atoms with Gasteiger partial charge in [-0.1, -0.05) is 6.08 Å². The summed E-state index contributed by atoms with van der Waals surface area (Å²) in [5.41, 5.74) is 0.163. The molecule has 1 atom stereocenters. The summed E-state index contributed by atoms with van der Waals surface area (Å²) >= 11 is 0. The Hall–Kier alpha value is -1.94. The minimum absolute atomic E-state index is 0.163. The molecule has 4 heteroatoms. The summed E-state index contributed by atoms with van der Waals surface area (Å²) in [7, 11) is 0. The largest absolute Gasteiger partial charge is 0.276 e.